The molecule has 1 aromatic carbocycles. The fourth-order valence-corrected chi connectivity index (χ4v) is 3.30. The maximum Gasteiger partial charge on any atom is 0.0908 e. The predicted molar refractivity (Wildman–Crippen MR) is 85.7 cm³/mol. The molecule has 5 heteroatoms. The van der Waals surface area contributed by atoms with Crippen molar-refractivity contribution in [3.05, 3.63) is 51.1 Å². The highest BCUT2D eigenvalue weighted by Gasteiger charge is 2.08. The first-order valence-electron chi connectivity index (χ1n) is 6.35. The van der Waals surface area contributed by atoms with Crippen molar-refractivity contribution in [2.75, 3.05) is 5.32 Å². The zero-order valence-corrected chi connectivity index (χ0v) is 12.8. The summed E-state index contributed by atoms with van der Waals surface area (Å²) in [6, 6.07) is 7.83. The summed E-state index contributed by atoms with van der Waals surface area (Å²) in [5.41, 5.74) is 2.97. The van der Waals surface area contributed by atoms with Crippen LogP contribution < -0.4 is 5.32 Å². The highest BCUT2D eigenvalue weighted by molar-refractivity contribution is 7.11. The third kappa shape index (κ3) is 2.49. The minimum atomic E-state index is 0.677. The Balaban J connectivity index is 1.92. The summed E-state index contributed by atoms with van der Waals surface area (Å²) in [5, 5.41) is 6.27. The van der Waals surface area contributed by atoms with E-state index in [2.05, 4.69) is 15.3 Å². The number of aryl methyl sites for hydroxylation is 2. The van der Waals surface area contributed by atoms with Crippen molar-refractivity contribution in [3.8, 4) is 0 Å². The highest BCUT2D eigenvalue weighted by Crippen LogP contribution is 2.29. The number of thiazole rings is 1. The van der Waals surface area contributed by atoms with Crippen LogP contribution in [0, 0.1) is 13.8 Å². The Morgan fingerprint density at radius 1 is 1.25 bits per heavy atom. The van der Waals surface area contributed by atoms with Crippen molar-refractivity contribution in [1.82, 2.24) is 9.97 Å². The molecular weight excluding hydrogens is 290 g/mol. The average Bonchev–Trinajstić information content (AvgIpc) is 2.77. The quantitative estimate of drug-likeness (QED) is 0.770. The molecule has 0 spiro atoms. The Hall–Kier alpha value is -1.65. The highest BCUT2D eigenvalue weighted by atomic mass is 35.5. The van der Waals surface area contributed by atoms with Crippen LogP contribution in [0.5, 0.6) is 0 Å². The number of hydrogen-bond donors (Lipinski definition) is 1. The van der Waals surface area contributed by atoms with Crippen LogP contribution in [-0.2, 0) is 6.54 Å². The van der Waals surface area contributed by atoms with E-state index in [1.165, 1.54) is 4.88 Å². The van der Waals surface area contributed by atoms with Gasteiger partial charge in [0.05, 0.1) is 27.8 Å². The molecule has 102 valence electrons. The first-order chi connectivity index (χ1) is 9.65. The number of anilines is 1. The Bertz CT molecular complexity index is 767. The molecule has 3 nitrogen and oxygen atoms in total. The summed E-state index contributed by atoms with van der Waals surface area (Å²) in [6.07, 6.45) is 1.76. The molecule has 0 aliphatic heterocycles. The average molecular weight is 304 g/mol. The van der Waals surface area contributed by atoms with Crippen molar-refractivity contribution < 1.29 is 0 Å². The lowest BCUT2D eigenvalue weighted by atomic mass is 10.2. The minimum absolute atomic E-state index is 0.677. The van der Waals surface area contributed by atoms with Crippen LogP contribution in [-0.4, -0.2) is 9.97 Å². The number of fused-ring (bicyclic) bond motifs is 1. The molecule has 1 N–H and O–H groups in total. The van der Waals surface area contributed by atoms with Crippen molar-refractivity contribution in [2.24, 2.45) is 0 Å². The van der Waals surface area contributed by atoms with Crippen LogP contribution >= 0.6 is 22.9 Å². The van der Waals surface area contributed by atoms with E-state index in [4.69, 9.17) is 11.6 Å². The van der Waals surface area contributed by atoms with Crippen LogP contribution in [0.15, 0.2) is 30.5 Å². The number of pyridine rings is 1. The molecule has 0 fully saturated rings. The fraction of sp³-hybridized carbons (Fsp3) is 0.200. The van der Waals surface area contributed by atoms with Gasteiger partial charge in [0.1, 0.15) is 0 Å². The number of nitrogens with one attached hydrogen (secondary N) is 1. The van der Waals surface area contributed by atoms with Crippen LogP contribution in [0.1, 0.15) is 15.6 Å². The van der Waals surface area contributed by atoms with E-state index in [9.17, 15) is 0 Å². The van der Waals surface area contributed by atoms with E-state index in [1.807, 2.05) is 38.1 Å². The van der Waals surface area contributed by atoms with Gasteiger partial charge >= 0.3 is 0 Å². The molecule has 3 aromatic rings. The molecule has 0 unspecified atom stereocenters. The fourth-order valence-electron chi connectivity index (χ4n) is 2.21. The summed E-state index contributed by atoms with van der Waals surface area (Å²) < 4.78 is 0. The molecule has 0 amide bonds. The van der Waals surface area contributed by atoms with Crippen LogP contribution in [0.25, 0.3) is 10.9 Å². The first kappa shape index (κ1) is 13.3. The van der Waals surface area contributed by atoms with Crippen molar-refractivity contribution in [2.45, 2.75) is 20.4 Å². The van der Waals surface area contributed by atoms with Gasteiger partial charge in [-0.1, -0.05) is 11.6 Å². The van der Waals surface area contributed by atoms with Gasteiger partial charge in [0.15, 0.2) is 0 Å². The largest absolute Gasteiger partial charge is 0.380 e. The molecule has 0 bridgehead atoms. The Morgan fingerprint density at radius 2 is 2.10 bits per heavy atom. The SMILES string of the molecule is Cc1nc(C)c(CNc2ccc(Cl)c3ncccc23)s1. The Labute approximate surface area is 126 Å². The lowest BCUT2D eigenvalue weighted by molar-refractivity contribution is 1.11. The van der Waals surface area contributed by atoms with E-state index in [1.54, 1.807) is 17.5 Å². The monoisotopic (exact) mass is 303 g/mol. The van der Waals surface area contributed by atoms with E-state index >= 15 is 0 Å². The zero-order valence-electron chi connectivity index (χ0n) is 11.3. The van der Waals surface area contributed by atoms with E-state index in [-0.39, 0.29) is 0 Å². The summed E-state index contributed by atoms with van der Waals surface area (Å²) in [6.45, 7) is 4.84. The van der Waals surface area contributed by atoms with Crippen molar-refractivity contribution in [1.29, 1.82) is 0 Å². The van der Waals surface area contributed by atoms with E-state index in [0.717, 1.165) is 33.8 Å². The minimum Gasteiger partial charge on any atom is -0.380 e. The normalized spacial score (nSPS) is 10.9. The molecule has 0 saturated heterocycles. The lowest BCUT2D eigenvalue weighted by Crippen LogP contribution is -2.00. The van der Waals surface area contributed by atoms with Gasteiger partial charge in [0.2, 0.25) is 0 Å². The molecule has 0 saturated carbocycles. The van der Waals surface area contributed by atoms with Gasteiger partial charge in [-0.25, -0.2) is 4.98 Å². The van der Waals surface area contributed by atoms with Gasteiger partial charge in [-0.3, -0.25) is 4.98 Å². The second-order valence-electron chi connectivity index (χ2n) is 4.59. The molecule has 0 aliphatic carbocycles. The standard InChI is InChI=1S/C15H14ClN3S/c1-9-14(20-10(2)19-9)8-18-13-6-5-12(16)15-11(13)4-3-7-17-15/h3-7,18H,8H2,1-2H3. The number of halogens is 1. The van der Waals surface area contributed by atoms with Gasteiger partial charge in [-0.05, 0) is 38.1 Å². The Morgan fingerprint density at radius 3 is 2.85 bits per heavy atom. The molecule has 3 rings (SSSR count). The van der Waals surface area contributed by atoms with Gasteiger partial charge in [-0.2, -0.15) is 0 Å². The van der Waals surface area contributed by atoms with E-state index in [0.29, 0.717) is 5.02 Å². The maximum atomic E-state index is 6.18. The second kappa shape index (κ2) is 5.38. The first-order valence-corrected chi connectivity index (χ1v) is 7.54. The summed E-state index contributed by atoms with van der Waals surface area (Å²) in [4.78, 5) is 10.0. The number of hydrogen-bond acceptors (Lipinski definition) is 4. The number of rotatable bonds is 3. The van der Waals surface area contributed by atoms with Crippen LogP contribution in [0.3, 0.4) is 0 Å². The van der Waals surface area contributed by atoms with Crippen LogP contribution in [0.4, 0.5) is 5.69 Å². The Kier molecular flexibility index (Phi) is 3.59. The predicted octanol–water partition coefficient (Wildman–Crippen LogP) is 4.57. The third-order valence-electron chi connectivity index (χ3n) is 3.16. The van der Waals surface area contributed by atoms with Crippen LogP contribution in [0.2, 0.25) is 5.02 Å². The number of aromatic nitrogens is 2. The van der Waals surface area contributed by atoms with Gasteiger partial charge in [-0.15, -0.1) is 11.3 Å². The summed E-state index contributed by atoms with van der Waals surface area (Å²) >= 11 is 7.90. The summed E-state index contributed by atoms with van der Waals surface area (Å²) in [5.74, 6) is 0. The zero-order chi connectivity index (χ0) is 14.1. The third-order valence-corrected chi connectivity index (χ3v) is 4.54. The molecule has 20 heavy (non-hydrogen) atoms. The number of nitrogens with zero attached hydrogens (tertiary/aromatic N) is 2. The molecule has 0 aliphatic rings. The van der Waals surface area contributed by atoms with Gasteiger partial charge in [0, 0.05) is 22.1 Å². The molecular formula is C15H14ClN3S. The van der Waals surface area contributed by atoms with Crippen molar-refractivity contribution in [3.63, 3.8) is 0 Å². The topological polar surface area (TPSA) is 37.8 Å². The smallest absolute Gasteiger partial charge is 0.0908 e. The lowest BCUT2D eigenvalue weighted by Gasteiger charge is -2.09. The molecule has 2 heterocycles. The maximum absolute atomic E-state index is 6.18. The van der Waals surface area contributed by atoms with Gasteiger partial charge < -0.3 is 5.32 Å². The van der Waals surface area contributed by atoms with Crippen molar-refractivity contribution >= 4 is 39.5 Å². The molecule has 2 aromatic heterocycles. The van der Waals surface area contributed by atoms with E-state index < -0.39 is 0 Å². The second-order valence-corrected chi connectivity index (χ2v) is 6.28. The molecule has 0 atom stereocenters. The molecule has 0 radical (unpaired) electrons. The number of benzene rings is 1. The summed E-state index contributed by atoms with van der Waals surface area (Å²) in [7, 11) is 0. The van der Waals surface area contributed by atoms with Gasteiger partial charge in [0.25, 0.3) is 0 Å².